The molecule has 1 aromatic carbocycles. The van der Waals surface area contributed by atoms with Gasteiger partial charge in [0, 0.05) is 17.8 Å². The second kappa shape index (κ2) is 6.85. The molecule has 1 aromatic rings. The van der Waals surface area contributed by atoms with E-state index in [1.165, 1.54) is 11.3 Å². The minimum absolute atomic E-state index is 0.0176. The molecule has 1 atom stereocenters. The number of fused-ring (bicyclic) bond motifs is 1. The number of amides is 2. The molecule has 0 saturated carbocycles. The van der Waals surface area contributed by atoms with Crippen LogP contribution in [0.2, 0.25) is 0 Å². The number of carbonyl (C=O) groups is 2. The minimum Gasteiger partial charge on any atom is -0.366 e. The van der Waals surface area contributed by atoms with E-state index in [0.29, 0.717) is 10.8 Å². The third-order valence-electron chi connectivity index (χ3n) is 5.15. The molecule has 3 rings (SSSR count). The number of benzene rings is 1. The number of carbonyl (C=O) groups excluding carboxylic acids is 2. The fourth-order valence-corrected chi connectivity index (χ4v) is 4.91. The highest BCUT2D eigenvalue weighted by Crippen LogP contribution is 2.44. The van der Waals surface area contributed by atoms with E-state index in [-0.39, 0.29) is 23.2 Å². The molecule has 2 amide bonds. The molecule has 0 aromatic heterocycles. The van der Waals surface area contributed by atoms with Gasteiger partial charge in [0.1, 0.15) is 0 Å². The first-order valence-corrected chi connectivity index (χ1v) is 9.70. The first-order chi connectivity index (χ1) is 12.3. The van der Waals surface area contributed by atoms with E-state index in [1.54, 1.807) is 6.08 Å². The molecule has 0 N–H and O–H groups in total. The second-order valence-corrected chi connectivity index (χ2v) is 8.45. The van der Waals surface area contributed by atoms with E-state index in [0.717, 1.165) is 35.2 Å². The van der Waals surface area contributed by atoms with Crippen molar-refractivity contribution in [2.45, 2.75) is 45.6 Å². The summed E-state index contributed by atoms with van der Waals surface area (Å²) >= 11 is 0.952. The zero-order chi connectivity index (χ0) is 19.1. The average Bonchev–Trinajstić information content (AvgIpc) is 2.83. The molecule has 4 nitrogen and oxygen atoms in total. The predicted octanol–water partition coefficient (Wildman–Crippen LogP) is 4.47. The van der Waals surface area contributed by atoms with Gasteiger partial charge in [-0.1, -0.05) is 18.9 Å². The molecule has 2 aliphatic heterocycles. The average molecular weight is 369 g/mol. The molecule has 0 unspecified atom stereocenters. The Morgan fingerprint density at radius 1 is 1.38 bits per heavy atom. The van der Waals surface area contributed by atoms with E-state index in [1.807, 2.05) is 6.07 Å². The van der Waals surface area contributed by atoms with Crippen molar-refractivity contribution in [1.29, 1.82) is 0 Å². The Bertz CT molecular complexity index is 835. The number of nitrogens with zero attached hydrogens (tertiary/aromatic N) is 2. The Labute approximate surface area is 159 Å². The van der Waals surface area contributed by atoms with Crippen LogP contribution in [0.3, 0.4) is 0 Å². The molecular formula is C21H24N2O2S. The zero-order valence-electron chi connectivity index (χ0n) is 15.7. The molecule has 0 radical (unpaired) electrons. The molecular weight excluding hydrogens is 344 g/mol. The summed E-state index contributed by atoms with van der Waals surface area (Å²) in [5.74, 6) is 2.49. The van der Waals surface area contributed by atoms with Crippen molar-refractivity contribution in [2.75, 3.05) is 18.0 Å². The van der Waals surface area contributed by atoms with Gasteiger partial charge in [-0.05, 0) is 74.2 Å². The molecule has 2 aliphatic rings. The number of hydrogen-bond donors (Lipinski definition) is 0. The Balaban J connectivity index is 1.96. The van der Waals surface area contributed by atoms with Crippen LogP contribution in [-0.2, 0) is 4.79 Å². The zero-order valence-corrected chi connectivity index (χ0v) is 16.5. The van der Waals surface area contributed by atoms with Gasteiger partial charge in [0.05, 0.1) is 11.4 Å². The standard InChI is InChI=1S/C21H24N2O2S/c1-6-10-22-19(24)18(26-20(22)25)12-15-8-9-17-16(11-15)14(3)13-21(4,5)23(17)7-2/h1,8-9,11-12,14H,7,10,13H2,2-5H3/b18-12-/t14-/m0/s1. The van der Waals surface area contributed by atoms with Crippen LogP contribution in [0.1, 0.15) is 51.2 Å². The van der Waals surface area contributed by atoms with Crippen LogP contribution in [0, 0.1) is 12.3 Å². The number of terminal acetylenes is 1. The van der Waals surface area contributed by atoms with Crippen molar-refractivity contribution in [2.24, 2.45) is 0 Å². The highest BCUT2D eigenvalue weighted by Gasteiger charge is 2.36. The van der Waals surface area contributed by atoms with Crippen molar-refractivity contribution in [3.8, 4) is 12.3 Å². The van der Waals surface area contributed by atoms with Gasteiger partial charge in [0.15, 0.2) is 0 Å². The lowest BCUT2D eigenvalue weighted by Gasteiger charge is -2.47. The monoisotopic (exact) mass is 368 g/mol. The van der Waals surface area contributed by atoms with Crippen molar-refractivity contribution >= 4 is 34.7 Å². The van der Waals surface area contributed by atoms with Gasteiger partial charge in [-0.2, -0.15) is 0 Å². The van der Waals surface area contributed by atoms with E-state index < -0.39 is 0 Å². The fourth-order valence-electron chi connectivity index (χ4n) is 4.08. The number of imide groups is 1. The Kier molecular flexibility index (Phi) is 4.90. The summed E-state index contributed by atoms with van der Waals surface area (Å²) < 4.78 is 0. The SMILES string of the molecule is C#CCN1C(=O)S/C(=C\c2ccc3c(c2)[C@@H](C)CC(C)(C)N3CC)C1=O. The third-order valence-corrected chi connectivity index (χ3v) is 6.05. The Morgan fingerprint density at radius 2 is 2.12 bits per heavy atom. The summed E-state index contributed by atoms with van der Waals surface area (Å²) in [6.45, 7) is 9.96. The smallest absolute Gasteiger partial charge is 0.294 e. The molecule has 2 heterocycles. The van der Waals surface area contributed by atoms with Gasteiger partial charge in [0.2, 0.25) is 0 Å². The van der Waals surface area contributed by atoms with Crippen LogP contribution >= 0.6 is 11.8 Å². The largest absolute Gasteiger partial charge is 0.366 e. The highest BCUT2D eigenvalue weighted by atomic mass is 32.2. The molecule has 0 spiro atoms. The highest BCUT2D eigenvalue weighted by molar-refractivity contribution is 8.18. The number of thioether (sulfide) groups is 1. The lowest BCUT2D eigenvalue weighted by atomic mass is 9.79. The number of anilines is 1. The van der Waals surface area contributed by atoms with E-state index in [4.69, 9.17) is 6.42 Å². The van der Waals surface area contributed by atoms with Gasteiger partial charge in [-0.15, -0.1) is 6.42 Å². The van der Waals surface area contributed by atoms with Crippen LogP contribution in [0.5, 0.6) is 0 Å². The lowest BCUT2D eigenvalue weighted by molar-refractivity contribution is -0.122. The van der Waals surface area contributed by atoms with Crippen molar-refractivity contribution in [1.82, 2.24) is 4.90 Å². The maximum atomic E-state index is 12.4. The quantitative estimate of drug-likeness (QED) is 0.583. The Hall–Kier alpha value is -2.19. The minimum atomic E-state index is -0.306. The van der Waals surface area contributed by atoms with Gasteiger partial charge >= 0.3 is 0 Å². The van der Waals surface area contributed by atoms with Gasteiger partial charge in [-0.25, -0.2) is 0 Å². The molecule has 0 aliphatic carbocycles. The number of hydrogen-bond acceptors (Lipinski definition) is 4. The molecule has 136 valence electrons. The topological polar surface area (TPSA) is 40.6 Å². The van der Waals surface area contributed by atoms with Gasteiger partial charge in [0.25, 0.3) is 11.1 Å². The van der Waals surface area contributed by atoms with E-state index in [2.05, 4.69) is 50.6 Å². The summed E-state index contributed by atoms with van der Waals surface area (Å²) in [5, 5.41) is -0.301. The van der Waals surface area contributed by atoms with Crippen molar-refractivity contribution in [3.63, 3.8) is 0 Å². The summed E-state index contributed by atoms with van der Waals surface area (Å²) in [4.78, 5) is 28.3. The molecule has 5 heteroatoms. The second-order valence-electron chi connectivity index (χ2n) is 7.45. The fraction of sp³-hybridized carbons (Fsp3) is 0.429. The first kappa shape index (κ1) is 18.6. The summed E-state index contributed by atoms with van der Waals surface area (Å²) in [6, 6.07) is 6.30. The van der Waals surface area contributed by atoms with Crippen LogP contribution in [0.15, 0.2) is 23.1 Å². The maximum absolute atomic E-state index is 12.4. The first-order valence-electron chi connectivity index (χ1n) is 8.89. The maximum Gasteiger partial charge on any atom is 0.294 e. The van der Waals surface area contributed by atoms with Crippen LogP contribution in [0.25, 0.3) is 6.08 Å². The van der Waals surface area contributed by atoms with Crippen LogP contribution in [-0.4, -0.2) is 34.7 Å². The Morgan fingerprint density at radius 3 is 2.77 bits per heavy atom. The van der Waals surface area contributed by atoms with Gasteiger partial charge in [-0.3, -0.25) is 14.5 Å². The summed E-state index contributed by atoms with van der Waals surface area (Å²) in [5.41, 5.74) is 3.62. The summed E-state index contributed by atoms with van der Waals surface area (Å²) in [7, 11) is 0. The molecule has 1 fully saturated rings. The van der Waals surface area contributed by atoms with Crippen LogP contribution < -0.4 is 4.90 Å². The lowest BCUT2D eigenvalue weighted by Crippen LogP contribution is -2.48. The predicted molar refractivity (Wildman–Crippen MR) is 108 cm³/mol. The molecule has 1 saturated heterocycles. The number of rotatable bonds is 3. The van der Waals surface area contributed by atoms with Crippen molar-refractivity contribution in [3.05, 3.63) is 34.2 Å². The molecule has 0 bridgehead atoms. The van der Waals surface area contributed by atoms with Crippen molar-refractivity contribution < 1.29 is 9.59 Å². The summed E-state index contributed by atoms with van der Waals surface area (Å²) in [6.07, 6.45) is 8.12. The third kappa shape index (κ3) is 3.14. The van der Waals surface area contributed by atoms with E-state index >= 15 is 0 Å². The van der Waals surface area contributed by atoms with Crippen LogP contribution in [0.4, 0.5) is 10.5 Å². The normalized spacial score (nSPS) is 23.3. The molecule has 26 heavy (non-hydrogen) atoms. The van der Waals surface area contributed by atoms with E-state index in [9.17, 15) is 9.59 Å². The van der Waals surface area contributed by atoms with Gasteiger partial charge < -0.3 is 4.90 Å².